The minimum Gasteiger partial charge on any atom is -0.443 e. The third kappa shape index (κ3) is 3.81. The molecular weight excluding hydrogens is 341 g/mol. The highest BCUT2D eigenvalue weighted by Crippen LogP contribution is 2.62. The third-order valence-corrected chi connectivity index (χ3v) is 6.42. The molecule has 0 spiro atoms. The normalized spacial score (nSPS) is 18.9. The van der Waals surface area contributed by atoms with E-state index in [1.54, 1.807) is 6.20 Å². The molecule has 0 saturated carbocycles. The Kier molecular flexibility index (Phi) is 4.80. The summed E-state index contributed by atoms with van der Waals surface area (Å²) in [4.78, 5) is 12.3. The van der Waals surface area contributed by atoms with Crippen LogP contribution in [-0.4, -0.2) is 29.5 Å². The molecule has 0 amide bonds. The van der Waals surface area contributed by atoms with E-state index >= 15 is 0 Å². The Bertz CT molecular complexity index is 826. The van der Waals surface area contributed by atoms with Crippen molar-refractivity contribution in [1.29, 1.82) is 0 Å². The monoisotopic (exact) mass is 365 g/mol. The molecule has 0 N–H and O–H groups in total. The van der Waals surface area contributed by atoms with Crippen LogP contribution in [0.5, 0.6) is 0 Å². The van der Waals surface area contributed by atoms with E-state index in [2.05, 4.69) is 0 Å². The molecule has 1 aromatic heterocycles. The highest BCUT2D eigenvalue weighted by Gasteiger charge is 2.36. The zero-order valence-corrected chi connectivity index (χ0v) is 15.9. The number of rotatable bonds is 2. The summed E-state index contributed by atoms with van der Waals surface area (Å²) in [6.45, 7) is 8.25. The molecule has 0 aliphatic carbocycles. The lowest BCUT2D eigenvalue weighted by atomic mass is 10.1. The van der Waals surface area contributed by atoms with Crippen molar-refractivity contribution in [3.05, 3.63) is 36.0 Å². The van der Waals surface area contributed by atoms with E-state index in [0.29, 0.717) is 13.2 Å². The van der Waals surface area contributed by atoms with Gasteiger partial charge in [-0.05, 0) is 57.9 Å². The summed E-state index contributed by atoms with van der Waals surface area (Å²) >= 11 is 0. The van der Waals surface area contributed by atoms with Gasteiger partial charge in [-0.25, -0.2) is 4.79 Å². The smallest absolute Gasteiger partial charge is 0.418 e. The summed E-state index contributed by atoms with van der Waals surface area (Å²) in [5.74, 6) is 0. The summed E-state index contributed by atoms with van der Waals surface area (Å²) in [6, 6.07) is 7.45. The molecule has 1 atom stereocenters. The number of hydrogen-bond acceptors (Lipinski definition) is 5. The van der Waals surface area contributed by atoms with Crippen molar-refractivity contribution in [3.63, 3.8) is 0 Å². The van der Waals surface area contributed by atoms with Crippen LogP contribution >= 0.6 is 7.60 Å². The Morgan fingerprint density at radius 3 is 2.56 bits per heavy atom. The highest BCUT2D eigenvalue weighted by molar-refractivity contribution is 7.54. The van der Waals surface area contributed by atoms with Crippen LogP contribution in [0.1, 0.15) is 45.3 Å². The molecule has 7 heteroatoms. The van der Waals surface area contributed by atoms with Gasteiger partial charge < -0.3 is 13.8 Å². The predicted octanol–water partition coefficient (Wildman–Crippen LogP) is 5.12. The van der Waals surface area contributed by atoms with Crippen molar-refractivity contribution in [2.45, 2.75) is 45.4 Å². The lowest BCUT2D eigenvalue weighted by Crippen LogP contribution is -2.26. The van der Waals surface area contributed by atoms with Crippen LogP contribution in [0.2, 0.25) is 0 Å². The van der Waals surface area contributed by atoms with E-state index in [9.17, 15) is 9.36 Å². The standard InChI is InChI=1S/C18H24NO5P/c1-13(25(21)22-10-5-11-23-25)14-6-7-16-15(12-14)8-9-19(16)17(20)24-18(2,3)4/h6-9,12-13H,5,10-11H2,1-4H3. The zero-order chi connectivity index (χ0) is 18.2. The minimum absolute atomic E-state index is 0.359. The first-order chi connectivity index (χ1) is 11.7. The Balaban J connectivity index is 1.89. The third-order valence-electron chi connectivity index (χ3n) is 4.09. The maximum atomic E-state index is 12.8. The molecule has 2 heterocycles. The summed E-state index contributed by atoms with van der Waals surface area (Å²) < 4.78 is 30.6. The van der Waals surface area contributed by atoms with Gasteiger partial charge in [0.2, 0.25) is 0 Å². The van der Waals surface area contributed by atoms with Gasteiger partial charge >= 0.3 is 13.7 Å². The van der Waals surface area contributed by atoms with E-state index in [1.165, 1.54) is 4.57 Å². The van der Waals surface area contributed by atoms with Gasteiger partial charge in [0.05, 0.1) is 24.4 Å². The summed E-state index contributed by atoms with van der Waals surface area (Å²) in [6.07, 6.45) is 2.02. The van der Waals surface area contributed by atoms with Crippen molar-refractivity contribution < 1.29 is 23.1 Å². The van der Waals surface area contributed by atoms with Crippen LogP contribution in [0.15, 0.2) is 30.5 Å². The minimum atomic E-state index is -3.14. The summed E-state index contributed by atoms with van der Waals surface area (Å²) in [5.41, 5.74) is 0.688. The van der Waals surface area contributed by atoms with Crippen molar-refractivity contribution in [2.24, 2.45) is 0 Å². The van der Waals surface area contributed by atoms with Gasteiger partial charge in [0.15, 0.2) is 0 Å². The first-order valence-corrected chi connectivity index (χ1v) is 10.0. The van der Waals surface area contributed by atoms with Crippen LogP contribution in [0.25, 0.3) is 10.9 Å². The maximum Gasteiger partial charge on any atom is 0.418 e. The van der Waals surface area contributed by atoms with E-state index < -0.39 is 19.3 Å². The molecule has 1 aliphatic heterocycles. The van der Waals surface area contributed by atoms with Crippen LogP contribution < -0.4 is 0 Å². The first-order valence-electron chi connectivity index (χ1n) is 8.43. The first kappa shape index (κ1) is 18.2. The van der Waals surface area contributed by atoms with E-state index in [0.717, 1.165) is 22.9 Å². The van der Waals surface area contributed by atoms with Gasteiger partial charge in [-0.2, -0.15) is 0 Å². The Morgan fingerprint density at radius 2 is 1.92 bits per heavy atom. The molecule has 136 valence electrons. The van der Waals surface area contributed by atoms with Crippen LogP contribution in [0.4, 0.5) is 4.79 Å². The van der Waals surface area contributed by atoms with Gasteiger partial charge in [-0.15, -0.1) is 0 Å². The molecule has 1 saturated heterocycles. The average molecular weight is 365 g/mol. The van der Waals surface area contributed by atoms with E-state index in [-0.39, 0.29) is 5.66 Å². The van der Waals surface area contributed by atoms with Crippen molar-refractivity contribution in [1.82, 2.24) is 4.57 Å². The molecule has 3 rings (SSSR count). The molecule has 1 aromatic carbocycles. The molecule has 6 nitrogen and oxygen atoms in total. The van der Waals surface area contributed by atoms with Crippen LogP contribution in [0, 0.1) is 0 Å². The fraction of sp³-hybridized carbons (Fsp3) is 0.500. The number of ether oxygens (including phenoxy) is 1. The number of carbonyl (C=O) groups is 1. The molecule has 25 heavy (non-hydrogen) atoms. The average Bonchev–Trinajstić information content (AvgIpc) is 2.96. The van der Waals surface area contributed by atoms with Gasteiger partial charge in [0, 0.05) is 11.6 Å². The maximum absolute atomic E-state index is 12.8. The molecule has 0 bridgehead atoms. The topological polar surface area (TPSA) is 66.8 Å². The molecular formula is C18H24NO5P. The largest absolute Gasteiger partial charge is 0.443 e. The summed E-state index contributed by atoms with van der Waals surface area (Å²) in [5, 5.41) is 0.874. The van der Waals surface area contributed by atoms with Gasteiger partial charge in [0.1, 0.15) is 5.60 Å². The number of fused-ring (bicyclic) bond motifs is 1. The van der Waals surface area contributed by atoms with Crippen molar-refractivity contribution in [2.75, 3.05) is 13.2 Å². The Labute approximate surface area is 147 Å². The lowest BCUT2D eigenvalue weighted by molar-refractivity contribution is 0.0544. The molecule has 0 radical (unpaired) electrons. The predicted molar refractivity (Wildman–Crippen MR) is 96.1 cm³/mol. The Morgan fingerprint density at radius 1 is 1.24 bits per heavy atom. The number of nitrogens with zero attached hydrogens (tertiary/aromatic N) is 1. The van der Waals surface area contributed by atoms with Gasteiger partial charge in [0.25, 0.3) is 0 Å². The summed E-state index contributed by atoms with van der Waals surface area (Å²) in [7, 11) is -3.14. The van der Waals surface area contributed by atoms with Crippen LogP contribution in [-0.2, 0) is 18.3 Å². The van der Waals surface area contributed by atoms with Crippen LogP contribution in [0.3, 0.4) is 0 Å². The number of carbonyl (C=O) groups excluding carboxylic acids is 1. The molecule has 1 aliphatic rings. The fourth-order valence-electron chi connectivity index (χ4n) is 2.78. The van der Waals surface area contributed by atoms with E-state index in [1.807, 2.05) is 52.0 Å². The van der Waals surface area contributed by atoms with Crippen molar-refractivity contribution >= 4 is 24.6 Å². The Hall–Kier alpha value is -1.62. The number of hydrogen-bond donors (Lipinski definition) is 0. The zero-order valence-electron chi connectivity index (χ0n) is 15.0. The fourth-order valence-corrected chi connectivity index (χ4v) is 4.59. The van der Waals surface area contributed by atoms with Crippen molar-refractivity contribution in [3.8, 4) is 0 Å². The van der Waals surface area contributed by atoms with Gasteiger partial charge in [-0.1, -0.05) is 6.07 Å². The SMILES string of the molecule is CC(c1ccc2c(ccn2C(=O)OC(C)(C)C)c1)P1(=O)OCCCO1. The lowest BCUT2D eigenvalue weighted by Gasteiger charge is -2.28. The van der Waals surface area contributed by atoms with E-state index in [4.69, 9.17) is 13.8 Å². The number of benzene rings is 1. The quantitative estimate of drug-likeness (QED) is 0.692. The van der Waals surface area contributed by atoms with Gasteiger partial charge in [-0.3, -0.25) is 9.13 Å². The number of aromatic nitrogens is 1. The molecule has 1 unspecified atom stereocenters. The second-order valence-electron chi connectivity index (χ2n) is 7.22. The molecule has 2 aromatic rings. The highest BCUT2D eigenvalue weighted by atomic mass is 31.2. The second kappa shape index (κ2) is 6.60. The molecule has 1 fully saturated rings. The second-order valence-corrected chi connectivity index (χ2v) is 9.59.